The minimum atomic E-state index is -0.471. The van der Waals surface area contributed by atoms with Crippen LogP contribution in [0.15, 0.2) is 0 Å². The average Bonchev–Trinajstić information content (AvgIpc) is 2.88. The Morgan fingerprint density at radius 1 is 1.47 bits per heavy atom. The van der Waals surface area contributed by atoms with E-state index < -0.39 is 5.54 Å². The van der Waals surface area contributed by atoms with Crippen molar-refractivity contribution in [1.82, 2.24) is 15.5 Å². The van der Waals surface area contributed by atoms with Gasteiger partial charge in [0.2, 0.25) is 11.8 Å². The first kappa shape index (κ1) is 15.9. The van der Waals surface area contributed by atoms with Crippen LogP contribution in [-0.4, -0.2) is 62.7 Å². The van der Waals surface area contributed by atoms with Crippen molar-refractivity contribution < 1.29 is 14.3 Å². The Kier molecular flexibility index (Phi) is 6.24. The third-order valence-corrected chi connectivity index (χ3v) is 3.61. The number of ether oxygens (including phenoxy) is 1. The second kappa shape index (κ2) is 7.45. The molecule has 110 valence electrons. The molecule has 0 aromatic carbocycles. The number of amides is 2. The molecule has 1 atom stereocenters. The van der Waals surface area contributed by atoms with Crippen molar-refractivity contribution in [3.8, 4) is 0 Å². The predicted molar refractivity (Wildman–Crippen MR) is 72.8 cm³/mol. The number of nitrogens with zero attached hydrogens (tertiary/aromatic N) is 1. The lowest BCUT2D eigenvalue weighted by Crippen LogP contribution is -2.55. The monoisotopic (exact) mass is 271 g/mol. The van der Waals surface area contributed by atoms with E-state index in [1.807, 2.05) is 6.92 Å². The Morgan fingerprint density at radius 2 is 2.21 bits per heavy atom. The third-order valence-electron chi connectivity index (χ3n) is 3.61. The molecule has 1 saturated heterocycles. The predicted octanol–water partition coefficient (Wildman–Crippen LogP) is -0.260. The van der Waals surface area contributed by atoms with E-state index in [0.29, 0.717) is 13.2 Å². The van der Waals surface area contributed by atoms with Gasteiger partial charge in [0, 0.05) is 20.7 Å². The van der Waals surface area contributed by atoms with E-state index in [2.05, 4.69) is 10.6 Å². The number of nitrogens with one attached hydrogen (secondary N) is 2. The quantitative estimate of drug-likeness (QED) is 0.626. The Bertz CT molecular complexity index is 314. The molecular weight excluding hydrogens is 246 g/mol. The van der Waals surface area contributed by atoms with Gasteiger partial charge >= 0.3 is 0 Å². The van der Waals surface area contributed by atoms with Crippen LogP contribution >= 0.6 is 0 Å². The van der Waals surface area contributed by atoms with Crippen molar-refractivity contribution in [1.29, 1.82) is 0 Å². The highest BCUT2D eigenvalue weighted by atomic mass is 16.5. The van der Waals surface area contributed by atoms with E-state index in [0.717, 1.165) is 25.8 Å². The van der Waals surface area contributed by atoms with Crippen LogP contribution in [0.5, 0.6) is 0 Å². The summed E-state index contributed by atoms with van der Waals surface area (Å²) >= 11 is 0. The van der Waals surface area contributed by atoms with Crippen LogP contribution in [0.2, 0.25) is 0 Å². The first-order valence-corrected chi connectivity index (χ1v) is 6.82. The van der Waals surface area contributed by atoms with Crippen molar-refractivity contribution in [2.75, 3.05) is 40.4 Å². The van der Waals surface area contributed by atoms with Gasteiger partial charge in [0.05, 0.1) is 18.7 Å². The highest BCUT2D eigenvalue weighted by molar-refractivity contribution is 5.90. The van der Waals surface area contributed by atoms with Gasteiger partial charge in [-0.3, -0.25) is 9.59 Å². The molecular formula is C13H25N3O3. The molecule has 0 aromatic heterocycles. The topological polar surface area (TPSA) is 70.7 Å². The summed E-state index contributed by atoms with van der Waals surface area (Å²) in [6.45, 7) is 3.90. The number of hydrogen-bond acceptors (Lipinski definition) is 4. The zero-order valence-corrected chi connectivity index (χ0v) is 12.1. The van der Waals surface area contributed by atoms with Crippen molar-refractivity contribution in [2.45, 2.75) is 31.7 Å². The highest BCUT2D eigenvalue weighted by Crippen LogP contribution is 2.24. The summed E-state index contributed by atoms with van der Waals surface area (Å²) in [5.41, 5.74) is -0.471. The summed E-state index contributed by atoms with van der Waals surface area (Å²) in [7, 11) is 3.26. The molecule has 0 aliphatic carbocycles. The van der Waals surface area contributed by atoms with Gasteiger partial charge in [-0.1, -0.05) is 6.92 Å². The first-order chi connectivity index (χ1) is 9.05. The van der Waals surface area contributed by atoms with E-state index in [1.165, 1.54) is 4.90 Å². The number of carbonyl (C=O) groups is 2. The van der Waals surface area contributed by atoms with Crippen LogP contribution < -0.4 is 10.6 Å². The number of hydrogen-bond donors (Lipinski definition) is 2. The molecule has 1 fully saturated rings. The Labute approximate surface area is 114 Å². The standard InChI is InChI=1S/C13H25N3O3/c1-4-13(6-5-7-15-13)12(18)16(2)10-11(17)14-8-9-19-3/h15H,4-10H2,1-3H3,(H,14,17). The molecule has 0 aromatic rings. The molecule has 1 aliphatic heterocycles. The molecule has 0 saturated carbocycles. The molecule has 1 unspecified atom stereocenters. The second-order valence-electron chi connectivity index (χ2n) is 4.97. The number of rotatable bonds is 7. The van der Waals surface area contributed by atoms with E-state index in [1.54, 1.807) is 14.2 Å². The number of likely N-dealkylation sites (N-methyl/N-ethyl adjacent to an activating group) is 1. The van der Waals surface area contributed by atoms with Gasteiger partial charge in [-0.2, -0.15) is 0 Å². The van der Waals surface area contributed by atoms with Gasteiger partial charge in [-0.05, 0) is 25.8 Å². The molecule has 2 amide bonds. The zero-order valence-electron chi connectivity index (χ0n) is 12.1. The normalized spacial score (nSPS) is 22.3. The SMILES string of the molecule is CCC1(C(=O)N(C)CC(=O)NCCOC)CCCN1. The molecule has 1 heterocycles. The Hall–Kier alpha value is -1.14. The van der Waals surface area contributed by atoms with Gasteiger partial charge < -0.3 is 20.3 Å². The van der Waals surface area contributed by atoms with Gasteiger partial charge in [-0.25, -0.2) is 0 Å². The maximum atomic E-state index is 12.4. The van der Waals surface area contributed by atoms with Gasteiger partial charge in [0.25, 0.3) is 0 Å². The minimum Gasteiger partial charge on any atom is -0.383 e. The van der Waals surface area contributed by atoms with Crippen LogP contribution in [-0.2, 0) is 14.3 Å². The summed E-state index contributed by atoms with van der Waals surface area (Å²) in [5.74, 6) is -0.147. The van der Waals surface area contributed by atoms with Crippen LogP contribution in [0, 0.1) is 0 Å². The van der Waals surface area contributed by atoms with Crippen LogP contribution in [0.3, 0.4) is 0 Å². The lowest BCUT2D eigenvalue weighted by Gasteiger charge is -2.31. The van der Waals surface area contributed by atoms with Crippen LogP contribution in [0.4, 0.5) is 0 Å². The molecule has 1 aliphatic rings. The van der Waals surface area contributed by atoms with Gasteiger partial charge in [-0.15, -0.1) is 0 Å². The lowest BCUT2D eigenvalue weighted by molar-refractivity contribution is -0.140. The second-order valence-corrected chi connectivity index (χ2v) is 4.97. The molecule has 6 nitrogen and oxygen atoms in total. The maximum absolute atomic E-state index is 12.4. The fourth-order valence-electron chi connectivity index (χ4n) is 2.44. The summed E-state index contributed by atoms with van der Waals surface area (Å²) < 4.78 is 4.85. The van der Waals surface area contributed by atoms with Crippen molar-refractivity contribution >= 4 is 11.8 Å². The molecule has 2 N–H and O–H groups in total. The van der Waals surface area contributed by atoms with E-state index in [-0.39, 0.29) is 18.4 Å². The number of methoxy groups -OCH3 is 1. The molecule has 0 bridgehead atoms. The van der Waals surface area contributed by atoms with Crippen molar-refractivity contribution in [3.63, 3.8) is 0 Å². The smallest absolute Gasteiger partial charge is 0.243 e. The summed E-state index contributed by atoms with van der Waals surface area (Å²) in [6, 6.07) is 0. The van der Waals surface area contributed by atoms with Gasteiger partial charge in [0.1, 0.15) is 0 Å². The summed E-state index contributed by atoms with van der Waals surface area (Å²) in [4.78, 5) is 25.6. The largest absolute Gasteiger partial charge is 0.383 e. The van der Waals surface area contributed by atoms with Crippen molar-refractivity contribution in [2.24, 2.45) is 0 Å². The highest BCUT2D eigenvalue weighted by Gasteiger charge is 2.41. The van der Waals surface area contributed by atoms with Crippen LogP contribution in [0.25, 0.3) is 0 Å². The third kappa shape index (κ3) is 4.18. The first-order valence-electron chi connectivity index (χ1n) is 6.82. The van der Waals surface area contributed by atoms with Crippen molar-refractivity contribution in [3.05, 3.63) is 0 Å². The van der Waals surface area contributed by atoms with E-state index in [4.69, 9.17) is 4.74 Å². The fraction of sp³-hybridized carbons (Fsp3) is 0.846. The van der Waals surface area contributed by atoms with Crippen LogP contribution in [0.1, 0.15) is 26.2 Å². The lowest BCUT2D eigenvalue weighted by atomic mass is 9.92. The molecule has 0 radical (unpaired) electrons. The Balaban J connectivity index is 2.45. The number of carbonyl (C=O) groups excluding carboxylic acids is 2. The average molecular weight is 271 g/mol. The minimum absolute atomic E-state index is 0.00870. The summed E-state index contributed by atoms with van der Waals surface area (Å²) in [6.07, 6.45) is 2.60. The molecule has 19 heavy (non-hydrogen) atoms. The Morgan fingerprint density at radius 3 is 2.74 bits per heavy atom. The molecule has 1 rings (SSSR count). The van der Waals surface area contributed by atoms with Gasteiger partial charge in [0.15, 0.2) is 0 Å². The summed E-state index contributed by atoms with van der Waals surface area (Å²) in [5, 5.41) is 6.00. The van der Waals surface area contributed by atoms with E-state index in [9.17, 15) is 9.59 Å². The fourth-order valence-corrected chi connectivity index (χ4v) is 2.44. The molecule has 0 spiro atoms. The van der Waals surface area contributed by atoms with E-state index >= 15 is 0 Å². The zero-order chi connectivity index (χ0) is 14.3. The maximum Gasteiger partial charge on any atom is 0.243 e. The molecule has 6 heteroatoms.